The maximum Gasteiger partial charge on any atom is 0.0650 e. The summed E-state index contributed by atoms with van der Waals surface area (Å²) in [5.41, 5.74) is 0.164. The summed E-state index contributed by atoms with van der Waals surface area (Å²) in [6, 6.07) is 0. The lowest BCUT2D eigenvalue weighted by Crippen LogP contribution is -2.27. The van der Waals surface area contributed by atoms with Crippen molar-refractivity contribution in [2.75, 3.05) is 7.11 Å². The first-order valence-corrected chi connectivity index (χ1v) is 6.21. The van der Waals surface area contributed by atoms with Crippen molar-refractivity contribution in [3.05, 3.63) is 0 Å². The first kappa shape index (κ1) is 12.0. The Labute approximate surface area is 89.2 Å². The Balaban J connectivity index is 2.41. The van der Waals surface area contributed by atoms with Crippen molar-refractivity contribution in [1.82, 2.24) is 0 Å². The summed E-state index contributed by atoms with van der Waals surface area (Å²) in [6.07, 6.45) is 10.8. The van der Waals surface area contributed by atoms with Gasteiger partial charge in [-0.15, -0.1) is 0 Å². The minimum atomic E-state index is 0.164. The molecule has 1 rings (SSSR count). The van der Waals surface area contributed by atoms with E-state index in [2.05, 4.69) is 13.8 Å². The van der Waals surface area contributed by atoms with Crippen molar-refractivity contribution < 1.29 is 4.74 Å². The van der Waals surface area contributed by atoms with Gasteiger partial charge in [-0.3, -0.25) is 0 Å². The van der Waals surface area contributed by atoms with E-state index >= 15 is 0 Å². The van der Waals surface area contributed by atoms with Crippen LogP contribution in [-0.4, -0.2) is 12.7 Å². The Morgan fingerprint density at radius 2 is 1.64 bits per heavy atom. The minimum absolute atomic E-state index is 0.164. The van der Waals surface area contributed by atoms with E-state index in [0.717, 1.165) is 5.92 Å². The molecule has 2 atom stereocenters. The maximum absolute atomic E-state index is 5.65. The fraction of sp³-hybridized carbons (Fsp3) is 1.00. The van der Waals surface area contributed by atoms with Gasteiger partial charge in [0.05, 0.1) is 5.60 Å². The maximum atomic E-state index is 5.65. The van der Waals surface area contributed by atoms with Gasteiger partial charge in [-0.05, 0) is 25.7 Å². The van der Waals surface area contributed by atoms with Crippen LogP contribution in [0.15, 0.2) is 0 Å². The second-order valence-electron chi connectivity index (χ2n) is 5.25. The number of hydrogen-bond acceptors (Lipinski definition) is 1. The molecule has 1 saturated carbocycles. The third kappa shape index (κ3) is 4.00. The zero-order valence-electron chi connectivity index (χ0n) is 10.1. The van der Waals surface area contributed by atoms with Gasteiger partial charge in [0.2, 0.25) is 0 Å². The topological polar surface area (TPSA) is 9.23 Å². The van der Waals surface area contributed by atoms with Crippen molar-refractivity contribution in [2.24, 2.45) is 5.92 Å². The van der Waals surface area contributed by atoms with Gasteiger partial charge in [0, 0.05) is 7.11 Å². The average molecular weight is 198 g/mol. The third-order valence-corrected chi connectivity index (χ3v) is 3.80. The first-order chi connectivity index (χ1) is 6.66. The van der Waals surface area contributed by atoms with Crippen LogP contribution in [0.4, 0.5) is 0 Å². The Kier molecular flexibility index (Phi) is 4.94. The largest absolute Gasteiger partial charge is 0.379 e. The molecule has 84 valence electrons. The number of rotatable bonds is 1. The molecule has 1 aliphatic carbocycles. The first-order valence-electron chi connectivity index (χ1n) is 6.21. The van der Waals surface area contributed by atoms with Crippen molar-refractivity contribution >= 4 is 0 Å². The molecule has 1 nitrogen and oxygen atoms in total. The van der Waals surface area contributed by atoms with Gasteiger partial charge in [0.25, 0.3) is 0 Å². The average Bonchev–Trinajstić information content (AvgIpc) is 2.17. The lowest BCUT2D eigenvalue weighted by molar-refractivity contribution is -0.0137. The van der Waals surface area contributed by atoms with E-state index in [1.54, 1.807) is 0 Å². The SMILES string of the molecule is COC1(C)CCCCCC(C)CCC1. The minimum Gasteiger partial charge on any atom is -0.379 e. The molecule has 1 aliphatic rings. The van der Waals surface area contributed by atoms with Crippen LogP contribution >= 0.6 is 0 Å². The second-order valence-corrected chi connectivity index (χ2v) is 5.25. The summed E-state index contributed by atoms with van der Waals surface area (Å²) in [4.78, 5) is 0. The highest BCUT2D eigenvalue weighted by molar-refractivity contribution is 4.76. The zero-order chi connectivity index (χ0) is 10.4. The molecular weight excluding hydrogens is 172 g/mol. The van der Waals surface area contributed by atoms with Gasteiger partial charge in [-0.2, -0.15) is 0 Å². The highest BCUT2D eigenvalue weighted by Gasteiger charge is 2.23. The molecular formula is C13H26O. The molecule has 0 heterocycles. The summed E-state index contributed by atoms with van der Waals surface area (Å²) >= 11 is 0. The molecule has 1 heteroatoms. The molecule has 0 amide bonds. The van der Waals surface area contributed by atoms with Crippen LogP contribution < -0.4 is 0 Å². The standard InChI is InChI=1S/C13H26O/c1-12-8-5-4-6-10-13(2,14-3)11-7-9-12/h12H,4-11H2,1-3H3. The van der Waals surface area contributed by atoms with Gasteiger partial charge >= 0.3 is 0 Å². The van der Waals surface area contributed by atoms with E-state index in [4.69, 9.17) is 4.74 Å². The van der Waals surface area contributed by atoms with E-state index in [9.17, 15) is 0 Å². The monoisotopic (exact) mass is 198 g/mol. The van der Waals surface area contributed by atoms with E-state index in [1.165, 1.54) is 51.4 Å². The summed E-state index contributed by atoms with van der Waals surface area (Å²) in [6.45, 7) is 4.67. The molecule has 0 N–H and O–H groups in total. The van der Waals surface area contributed by atoms with Gasteiger partial charge in [-0.25, -0.2) is 0 Å². The van der Waals surface area contributed by atoms with E-state index in [-0.39, 0.29) is 5.60 Å². The van der Waals surface area contributed by atoms with Crippen LogP contribution in [0.25, 0.3) is 0 Å². The summed E-state index contributed by atoms with van der Waals surface area (Å²) in [7, 11) is 1.87. The van der Waals surface area contributed by atoms with Gasteiger partial charge in [-0.1, -0.05) is 45.4 Å². The molecule has 0 aromatic heterocycles. The van der Waals surface area contributed by atoms with Crippen LogP contribution in [0.2, 0.25) is 0 Å². The number of ether oxygens (including phenoxy) is 1. The van der Waals surface area contributed by atoms with E-state index in [1.807, 2.05) is 7.11 Å². The van der Waals surface area contributed by atoms with Crippen LogP contribution in [0.3, 0.4) is 0 Å². The van der Waals surface area contributed by atoms with Crippen LogP contribution in [-0.2, 0) is 4.74 Å². The van der Waals surface area contributed by atoms with Crippen LogP contribution in [0.1, 0.15) is 65.2 Å². The Morgan fingerprint density at radius 3 is 2.36 bits per heavy atom. The fourth-order valence-corrected chi connectivity index (χ4v) is 2.47. The molecule has 2 unspecified atom stereocenters. The molecule has 0 radical (unpaired) electrons. The molecule has 0 saturated heterocycles. The van der Waals surface area contributed by atoms with E-state index < -0.39 is 0 Å². The van der Waals surface area contributed by atoms with Crippen molar-refractivity contribution in [2.45, 2.75) is 70.8 Å². The fourth-order valence-electron chi connectivity index (χ4n) is 2.47. The molecule has 0 aliphatic heterocycles. The highest BCUT2D eigenvalue weighted by atomic mass is 16.5. The predicted octanol–water partition coefficient (Wildman–Crippen LogP) is 4.16. The number of methoxy groups -OCH3 is 1. The summed E-state index contributed by atoms with van der Waals surface area (Å²) in [5.74, 6) is 0.925. The lowest BCUT2D eigenvalue weighted by Gasteiger charge is -2.29. The third-order valence-electron chi connectivity index (χ3n) is 3.80. The molecule has 0 aromatic carbocycles. The Hall–Kier alpha value is -0.0400. The van der Waals surface area contributed by atoms with Crippen LogP contribution in [0, 0.1) is 5.92 Å². The van der Waals surface area contributed by atoms with Crippen molar-refractivity contribution in [3.8, 4) is 0 Å². The molecule has 0 aromatic rings. The quantitative estimate of drug-likeness (QED) is 0.614. The summed E-state index contributed by atoms with van der Waals surface area (Å²) < 4.78 is 5.65. The Bertz CT molecular complexity index is 155. The summed E-state index contributed by atoms with van der Waals surface area (Å²) in [5, 5.41) is 0. The number of hydrogen-bond donors (Lipinski definition) is 0. The van der Waals surface area contributed by atoms with Gasteiger partial charge < -0.3 is 4.74 Å². The predicted molar refractivity (Wildman–Crippen MR) is 61.5 cm³/mol. The Morgan fingerprint density at radius 1 is 1.00 bits per heavy atom. The molecule has 14 heavy (non-hydrogen) atoms. The van der Waals surface area contributed by atoms with Crippen molar-refractivity contribution in [3.63, 3.8) is 0 Å². The smallest absolute Gasteiger partial charge is 0.0650 e. The van der Waals surface area contributed by atoms with Gasteiger partial charge in [0.15, 0.2) is 0 Å². The normalized spacial score (nSPS) is 36.6. The van der Waals surface area contributed by atoms with Crippen LogP contribution in [0.5, 0.6) is 0 Å². The van der Waals surface area contributed by atoms with Gasteiger partial charge in [0.1, 0.15) is 0 Å². The second kappa shape index (κ2) is 5.75. The van der Waals surface area contributed by atoms with E-state index in [0.29, 0.717) is 0 Å². The van der Waals surface area contributed by atoms with Crippen molar-refractivity contribution in [1.29, 1.82) is 0 Å². The highest BCUT2D eigenvalue weighted by Crippen LogP contribution is 2.29. The molecule has 0 spiro atoms. The zero-order valence-corrected chi connectivity index (χ0v) is 10.1. The lowest BCUT2D eigenvalue weighted by atomic mass is 9.87. The molecule has 1 fully saturated rings. The molecule has 0 bridgehead atoms.